The summed E-state index contributed by atoms with van der Waals surface area (Å²) in [6, 6.07) is 5.54. The maximum Gasteiger partial charge on any atom is 0.244 e. The summed E-state index contributed by atoms with van der Waals surface area (Å²) in [5, 5.41) is 3.53. The standard InChI is InChI=1S/C18H25ClN2O2/c1-13-11-15(19)9-10-17(13)20-18(23)12-21(14(2)22)16-7-5-3-4-6-8-16/h9-11,16H,3-8,12H2,1-2H3,(H,20,23). The van der Waals surface area contributed by atoms with Gasteiger partial charge in [-0.05, 0) is 43.5 Å². The Labute approximate surface area is 143 Å². The van der Waals surface area contributed by atoms with Gasteiger partial charge in [-0.1, -0.05) is 37.3 Å². The van der Waals surface area contributed by atoms with Gasteiger partial charge in [0.05, 0.1) is 0 Å². The topological polar surface area (TPSA) is 49.4 Å². The summed E-state index contributed by atoms with van der Waals surface area (Å²) >= 11 is 5.93. The fourth-order valence-electron chi connectivity index (χ4n) is 3.18. The summed E-state index contributed by atoms with van der Waals surface area (Å²) in [5.41, 5.74) is 1.65. The van der Waals surface area contributed by atoms with E-state index < -0.39 is 0 Å². The number of carbonyl (C=O) groups is 2. The Bertz CT molecular complexity index is 566. The number of aryl methyl sites for hydroxylation is 1. The van der Waals surface area contributed by atoms with Crippen LogP contribution in [0.1, 0.15) is 51.0 Å². The van der Waals surface area contributed by atoms with Crippen LogP contribution in [0.5, 0.6) is 0 Å². The van der Waals surface area contributed by atoms with Crippen LogP contribution in [0.3, 0.4) is 0 Å². The third kappa shape index (κ3) is 5.24. The van der Waals surface area contributed by atoms with E-state index in [0.717, 1.165) is 36.9 Å². The maximum atomic E-state index is 12.4. The molecule has 0 bridgehead atoms. The number of amides is 2. The van der Waals surface area contributed by atoms with Gasteiger partial charge < -0.3 is 10.2 Å². The van der Waals surface area contributed by atoms with Crippen LogP contribution < -0.4 is 5.32 Å². The van der Waals surface area contributed by atoms with Gasteiger partial charge in [0.25, 0.3) is 0 Å². The Balaban J connectivity index is 2.01. The molecule has 0 saturated heterocycles. The van der Waals surface area contributed by atoms with Crippen LogP contribution in [0.4, 0.5) is 5.69 Å². The number of benzene rings is 1. The van der Waals surface area contributed by atoms with Crippen LogP contribution in [-0.4, -0.2) is 29.3 Å². The van der Waals surface area contributed by atoms with Crippen molar-refractivity contribution in [1.82, 2.24) is 4.90 Å². The molecule has 0 unspecified atom stereocenters. The predicted molar refractivity (Wildman–Crippen MR) is 93.7 cm³/mol. The van der Waals surface area contributed by atoms with E-state index in [1.165, 1.54) is 12.8 Å². The minimum atomic E-state index is -0.158. The summed E-state index contributed by atoms with van der Waals surface area (Å²) in [6.45, 7) is 3.56. The summed E-state index contributed by atoms with van der Waals surface area (Å²) in [7, 11) is 0. The summed E-state index contributed by atoms with van der Waals surface area (Å²) in [5.74, 6) is -0.185. The maximum absolute atomic E-state index is 12.4. The lowest BCUT2D eigenvalue weighted by molar-refractivity contribution is -0.135. The van der Waals surface area contributed by atoms with Crippen molar-refractivity contribution in [2.24, 2.45) is 0 Å². The average Bonchev–Trinajstić information content (AvgIpc) is 2.76. The van der Waals surface area contributed by atoms with Crippen LogP contribution >= 0.6 is 11.6 Å². The smallest absolute Gasteiger partial charge is 0.244 e. The molecule has 4 nitrogen and oxygen atoms in total. The van der Waals surface area contributed by atoms with Crippen molar-refractivity contribution < 1.29 is 9.59 Å². The molecule has 23 heavy (non-hydrogen) atoms. The van der Waals surface area contributed by atoms with Crippen LogP contribution in [0.2, 0.25) is 5.02 Å². The molecular weight excluding hydrogens is 312 g/mol. The first-order valence-corrected chi connectivity index (χ1v) is 8.68. The van der Waals surface area contributed by atoms with E-state index in [0.29, 0.717) is 5.02 Å². The van der Waals surface area contributed by atoms with Gasteiger partial charge in [0.2, 0.25) is 11.8 Å². The highest BCUT2D eigenvalue weighted by Gasteiger charge is 2.24. The molecule has 1 saturated carbocycles. The van der Waals surface area contributed by atoms with E-state index in [4.69, 9.17) is 11.6 Å². The van der Waals surface area contributed by atoms with Gasteiger partial charge >= 0.3 is 0 Å². The van der Waals surface area contributed by atoms with Crippen molar-refractivity contribution in [2.45, 2.75) is 58.4 Å². The zero-order chi connectivity index (χ0) is 16.8. The van der Waals surface area contributed by atoms with E-state index in [9.17, 15) is 9.59 Å². The first kappa shape index (κ1) is 17.8. The Morgan fingerprint density at radius 2 is 1.87 bits per heavy atom. The SMILES string of the molecule is CC(=O)N(CC(=O)Nc1ccc(Cl)cc1C)C1CCCCCC1. The van der Waals surface area contributed by atoms with E-state index in [1.54, 1.807) is 24.0 Å². The number of carbonyl (C=O) groups excluding carboxylic acids is 2. The molecule has 0 radical (unpaired) electrons. The number of rotatable bonds is 4. The van der Waals surface area contributed by atoms with Gasteiger partial charge in [0.1, 0.15) is 6.54 Å². The molecule has 0 aromatic heterocycles. The molecule has 1 aliphatic carbocycles. The lowest BCUT2D eigenvalue weighted by atomic mass is 10.1. The van der Waals surface area contributed by atoms with Gasteiger partial charge in [-0.25, -0.2) is 0 Å². The predicted octanol–water partition coefficient (Wildman–Crippen LogP) is 4.16. The number of nitrogens with zero attached hydrogens (tertiary/aromatic N) is 1. The van der Waals surface area contributed by atoms with E-state index in [1.807, 2.05) is 13.0 Å². The second-order valence-electron chi connectivity index (χ2n) is 6.30. The van der Waals surface area contributed by atoms with E-state index >= 15 is 0 Å². The molecule has 1 fully saturated rings. The molecule has 1 aliphatic rings. The minimum Gasteiger partial charge on any atom is -0.331 e. The summed E-state index contributed by atoms with van der Waals surface area (Å²) < 4.78 is 0. The van der Waals surface area contributed by atoms with Gasteiger partial charge in [0.15, 0.2) is 0 Å². The molecule has 0 atom stereocenters. The highest BCUT2D eigenvalue weighted by molar-refractivity contribution is 6.30. The average molecular weight is 337 g/mol. The molecule has 2 amide bonds. The van der Waals surface area contributed by atoms with Gasteiger partial charge in [-0.15, -0.1) is 0 Å². The number of halogens is 1. The van der Waals surface area contributed by atoms with Gasteiger partial charge in [0, 0.05) is 23.7 Å². The lowest BCUT2D eigenvalue weighted by Gasteiger charge is -2.29. The molecule has 2 rings (SSSR count). The van der Waals surface area contributed by atoms with Crippen molar-refractivity contribution in [2.75, 3.05) is 11.9 Å². The molecule has 5 heteroatoms. The van der Waals surface area contributed by atoms with E-state index in [-0.39, 0.29) is 24.4 Å². The number of hydrogen-bond donors (Lipinski definition) is 1. The Morgan fingerprint density at radius 1 is 1.22 bits per heavy atom. The Hall–Kier alpha value is -1.55. The monoisotopic (exact) mass is 336 g/mol. The third-order valence-corrected chi connectivity index (χ3v) is 4.68. The molecule has 1 aromatic carbocycles. The Kier molecular flexibility index (Phi) is 6.46. The molecule has 1 aromatic rings. The molecule has 126 valence electrons. The first-order valence-electron chi connectivity index (χ1n) is 8.30. The molecule has 1 N–H and O–H groups in total. The number of nitrogens with one attached hydrogen (secondary N) is 1. The fraction of sp³-hybridized carbons (Fsp3) is 0.556. The largest absolute Gasteiger partial charge is 0.331 e. The zero-order valence-corrected chi connectivity index (χ0v) is 14.7. The van der Waals surface area contributed by atoms with Crippen LogP contribution in [0.15, 0.2) is 18.2 Å². The summed E-state index contributed by atoms with van der Waals surface area (Å²) in [6.07, 6.45) is 6.69. The number of hydrogen-bond acceptors (Lipinski definition) is 2. The second kappa shape index (κ2) is 8.34. The third-order valence-electron chi connectivity index (χ3n) is 4.45. The first-order chi connectivity index (χ1) is 11.0. The fourth-order valence-corrected chi connectivity index (χ4v) is 3.41. The highest BCUT2D eigenvalue weighted by atomic mass is 35.5. The molecule has 0 aliphatic heterocycles. The number of anilines is 1. The quantitative estimate of drug-likeness (QED) is 0.839. The van der Waals surface area contributed by atoms with Gasteiger partial charge in [-0.3, -0.25) is 9.59 Å². The zero-order valence-electron chi connectivity index (χ0n) is 13.9. The van der Waals surface area contributed by atoms with Crippen molar-refractivity contribution in [3.63, 3.8) is 0 Å². The van der Waals surface area contributed by atoms with Crippen molar-refractivity contribution >= 4 is 29.1 Å². The molecule has 0 heterocycles. The normalized spacial score (nSPS) is 15.8. The summed E-state index contributed by atoms with van der Waals surface area (Å²) in [4.78, 5) is 26.1. The van der Waals surface area contributed by atoms with Crippen molar-refractivity contribution in [1.29, 1.82) is 0 Å². The Morgan fingerprint density at radius 3 is 2.43 bits per heavy atom. The lowest BCUT2D eigenvalue weighted by Crippen LogP contribution is -2.43. The molecule has 0 spiro atoms. The van der Waals surface area contributed by atoms with Crippen LogP contribution in [-0.2, 0) is 9.59 Å². The van der Waals surface area contributed by atoms with Gasteiger partial charge in [-0.2, -0.15) is 0 Å². The minimum absolute atomic E-state index is 0.0279. The van der Waals surface area contributed by atoms with E-state index in [2.05, 4.69) is 5.32 Å². The van der Waals surface area contributed by atoms with Crippen LogP contribution in [0.25, 0.3) is 0 Å². The molecular formula is C18H25ClN2O2. The highest BCUT2D eigenvalue weighted by Crippen LogP contribution is 2.23. The van der Waals surface area contributed by atoms with Crippen molar-refractivity contribution in [3.05, 3.63) is 28.8 Å². The van der Waals surface area contributed by atoms with Crippen LogP contribution in [0, 0.1) is 6.92 Å². The second-order valence-corrected chi connectivity index (χ2v) is 6.74. The van der Waals surface area contributed by atoms with Crippen molar-refractivity contribution in [3.8, 4) is 0 Å².